The lowest BCUT2D eigenvalue weighted by Crippen LogP contribution is -2.14. The summed E-state index contributed by atoms with van der Waals surface area (Å²) >= 11 is 2.48. The maximum atomic E-state index is 13.0. The lowest BCUT2D eigenvalue weighted by atomic mass is 9.87. The average Bonchev–Trinajstić information content (AvgIpc) is 3.58. The number of amides is 1. The van der Waals surface area contributed by atoms with Crippen LogP contribution in [0.5, 0.6) is 0 Å². The summed E-state index contributed by atoms with van der Waals surface area (Å²) in [5, 5.41) is 12.6. The maximum Gasteiger partial charge on any atom is 0.416 e. The van der Waals surface area contributed by atoms with Crippen LogP contribution in [0.3, 0.4) is 0 Å². The molecule has 0 radical (unpaired) electrons. The number of hydrogen-bond acceptors (Lipinski definition) is 6. The molecule has 11 heteroatoms. The first-order chi connectivity index (χ1) is 20.0. The summed E-state index contributed by atoms with van der Waals surface area (Å²) < 4.78 is 41.1. The Kier molecular flexibility index (Phi) is 8.51. The van der Waals surface area contributed by atoms with Crippen molar-refractivity contribution < 1.29 is 18.0 Å². The minimum Gasteiger partial charge on any atom is -0.301 e. The van der Waals surface area contributed by atoms with Crippen molar-refractivity contribution in [2.45, 2.75) is 43.9 Å². The van der Waals surface area contributed by atoms with Crippen LogP contribution in [0, 0.1) is 0 Å². The first-order valence-electron chi connectivity index (χ1n) is 13.1. The molecule has 42 heavy (non-hydrogen) atoms. The van der Waals surface area contributed by atoms with Gasteiger partial charge in [0.25, 0.3) is 0 Å². The third-order valence-corrected chi connectivity index (χ3v) is 8.26. The standard InChI is InChI=1S/C31H28F3N5OS2/c1-30(2,3)22-14-12-21(13-15-22)27-37-38-29(39(27)24-10-5-4-6-11-24)41-19-26(40)36-28-35-18-25(42-28)17-20-8-7-9-23(16-20)31(32,33)34/h4-16,18H,17,19H2,1-3H3,(H,35,36,40). The van der Waals surface area contributed by atoms with Crippen LogP contribution < -0.4 is 5.32 Å². The Hall–Kier alpha value is -3.96. The van der Waals surface area contributed by atoms with Gasteiger partial charge in [-0.3, -0.25) is 9.36 Å². The van der Waals surface area contributed by atoms with Crippen molar-refractivity contribution in [1.29, 1.82) is 0 Å². The number of carbonyl (C=O) groups is 1. The molecule has 1 amide bonds. The number of alkyl halides is 3. The van der Waals surface area contributed by atoms with Crippen molar-refractivity contribution in [1.82, 2.24) is 19.7 Å². The van der Waals surface area contributed by atoms with Crippen molar-refractivity contribution in [2.24, 2.45) is 0 Å². The summed E-state index contributed by atoms with van der Waals surface area (Å²) in [4.78, 5) is 17.8. The van der Waals surface area contributed by atoms with E-state index >= 15 is 0 Å². The molecule has 2 aromatic heterocycles. The molecule has 5 rings (SSSR count). The lowest BCUT2D eigenvalue weighted by Gasteiger charge is -2.19. The molecule has 1 N–H and O–H groups in total. The zero-order valence-electron chi connectivity index (χ0n) is 23.1. The number of nitrogens with one attached hydrogen (secondary N) is 1. The van der Waals surface area contributed by atoms with Crippen LogP contribution in [0.15, 0.2) is 90.2 Å². The van der Waals surface area contributed by atoms with Gasteiger partial charge >= 0.3 is 6.18 Å². The number of benzene rings is 3. The number of hydrogen-bond donors (Lipinski definition) is 1. The van der Waals surface area contributed by atoms with Crippen molar-refractivity contribution in [3.8, 4) is 17.1 Å². The molecule has 0 unspecified atom stereocenters. The molecule has 0 saturated carbocycles. The molecule has 0 aliphatic carbocycles. The highest BCUT2D eigenvalue weighted by molar-refractivity contribution is 7.99. The summed E-state index contributed by atoms with van der Waals surface area (Å²) in [6, 6.07) is 23.2. The Labute approximate surface area is 250 Å². The van der Waals surface area contributed by atoms with Crippen LogP contribution >= 0.6 is 23.1 Å². The van der Waals surface area contributed by atoms with Gasteiger partial charge in [0.2, 0.25) is 5.91 Å². The summed E-state index contributed by atoms with van der Waals surface area (Å²) in [5.74, 6) is 0.457. The topological polar surface area (TPSA) is 72.7 Å². The fraction of sp³-hybridized carbons (Fsp3) is 0.226. The van der Waals surface area contributed by atoms with Gasteiger partial charge in [-0.25, -0.2) is 4.98 Å². The smallest absolute Gasteiger partial charge is 0.301 e. The van der Waals surface area contributed by atoms with Crippen LogP contribution in [-0.4, -0.2) is 31.4 Å². The molecular weight excluding hydrogens is 580 g/mol. The molecule has 5 aromatic rings. The van der Waals surface area contributed by atoms with Crippen LogP contribution in [0.4, 0.5) is 18.3 Å². The van der Waals surface area contributed by atoms with Gasteiger partial charge in [0.05, 0.1) is 11.3 Å². The molecule has 0 aliphatic rings. The molecular formula is C31H28F3N5OS2. The quantitative estimate of drug-likeness (QED) is 0.181. The molecule has 0 saturated heterocycles. The fourth-order valence-corrected chi connectivity index (χ4v) is 5.89. The van der Waals surface area contributed by atoms with E-state index in [1.807, 2.05) is 47.0 Å². The normalized spacial score (nSPS) is 12.0. The van der Waals surface area contributed by atoms with Gasteiger partial charge < -0.3 is 5.32 Å². The highest BCUT2D eigenvalue weighted by atomic mass is 32.2. The second-order valence-electron chi connectivity index (χ2n) is 10.6. The first-order valence-corrected chi connectivity index (χ1v) is 14.9. The summed E-state index contributed by atoms with van der Waals surface area (Å²) in [6.45, 7) is 6.49. The number of halogens is 3. The highest BCUT2D eigenvalue weighted by Gasteiger charge is 2.30. The molecule has 0 bridgehead atoms. The molecule has 0 aliphatic heterocycles. The number of anilines is 1. The van der Waals surface area contributed by atoms with Gasteiger partial charge in [-0.2, -0.15) is 13.2 Å². The minimum absolute atomic E-state index is 0.0242. The van der Waals surface area contributed by atoms with E-state index in [2.05, 4.69) is 53.4 Å². The van der Waals surface area contributed by atoms with E-state index in [1.165, 1.54) is 34.7 Å². The van der Waals surface area contributed by atoms with Crippen molar-refractivity contribution in [3.63, 3.8) is 0 Å². The molecule has 0 atom stereocenters. The Bertz CT molecular complexity index is 1670. The predicted molar refractivity (Wildman–Crippen MR) is 161 cm³/mol. The van der Waals surface area contributed by atoms with Crippen LogP contribution in [0.25, 0.3) is 17.1 Å². The van der Waals surface area contributed by atoms with Gasteiger partial charge in [0, 0.05) is 28.7 Å². The van der Waals surface area contributed by atoms with E-state index in [-0.39, 0.29) is 23.5 Å². The Morgan fingerprint density at radius 1 is 0.929 bits per heavy atom. The molecule has 2 heterocycles. The van der Waals surface area contributed by atoms with Crippen molar-refractivity contribution in [2.75, 3.05) is 11.1 Å². The van der Waals surface area contributed by atoms with E-state index in [9.17, 15) is 18.0 Å². The van der Waals surface area contributed by atoms with Gasteiger partial charge in [-0.1, -0.05) is 93.2 Å². The Morgan fingerprint density at radius 3 is 2.36 bits per heavy atom. The molecule has 6 nitrogen and oxygen atoms in total. The van der Waals surface area contributed by atoms with Crippen LogP contribution in [0.1, 0.15) is 42.3 Å². The number of para-hydroxylation sites is 1. The van der Waals surface area contributed by atoms with Gasteiger partial charge in [-0.05, 0) is 34.7 Å². The number of thiazole rings is 1. The van der Waals surface area contributed by atoms with Gasteiger partial charge in [-0.15, -0.1) is 21.5 Å². The fourth-order valence-electron chi connectivity index (χ4n) is 4.27. The summed E-state index contributed by atoms with van der Waals surface area (Å²) in [5.41, 5.74) is 2.85. The monoisotopic (exact) mass is 607 g/mol. The minimum atomic E-state index is -4.40. The number of rotatable bonds is 8. The molecule has 216 valence electrons. The number of aromatic nitrogens is 4. The van der Waals surface area contributed by atoms with E-state index in [0.29, 0.717) is 21.7 Å². The SMILES string of the molecule is CC(C)(C)c1ccc(-c2nnc(SCC(=O)Nc3ncc(Cc4cccc(C(F)(F)F)c4)s3)n2-c2ccccc2)cc1. The van der Waals surface area contributed by atoms with E-state index in [1.54, 1.807) is 12.3 Å². The summed E-state index contributed by atoms with van der Waals surface area (Å²) in [6.07, 6.45) is -2.55. The van der Waals surface area contributed by atoms with E-state index in [0.717, 1.165) is 28.3 Å². The number of carbonyl (C=O) groups excluding carboxylic acids is 1. The molecule has 3 aromatic carbocycles. The number of thioether (sulfide) groups is 1. The van der Waals surface area contributed by atoms with E-state index in [4.69, 9.17) is 0 Å². The lowest BCUT2D eigenvalue weighted by molar-refractivity contribution is -0.137. The van der Waals surface area contributed by atoms with Crippen molar-refractivity contribution in [3.05, 3.63) is 107 Å². The second kappa shape index (κ2) is 12.1. The van der Waals surface area contributed by atoms with Gasteiger partial charge in [0.15, 0.2) is 16.1 Å². The zero-order chi connectivity index (χ0) is 29.9. The largest absolute Gasteiger partial charge is 0.416 e. The van der Waals surface area contributed by atoms with Crippen molar-refractivity contribution >= 4 is 34.1 Å². The highest BCUT2D eigenvalue weighted by Crippen LogP contribution is 2.32. The van der Waals surface area contributed by atoms with Gasteiger partial charge in [0.1, 0.15) is 0 Å². The third-order valence-electron chi connectivity index (χ3n) is 6.42. The molecule has 0 fully saturated rings. The summed E-state index contributed by atoms with van der Waals surface area (Å²) in [7, 11) is 0. The zero-order valence-corrected chi connectivity index (χ0v) is 24.8. The predicted octanol–water partition coefficient (Wildman–Crippen LogP) is 8.03. The Morgan fingerprint density at radius 2 is 1.67 bits per heavy atom. The maximum absolute atomic E-state index is 13.0. The van der Waals surface area contributed by atoms with E-state index < -0.39 is 11.7 Å². The van der Waals surface area contributed by atoms with Crippen LogP contribution in [-0.2, 0) is 22.8 Å². The van der Waals surface area contributed by atoms with Crippen LogP contribution in [0.2, 0.25) is 0 Å². The molecule has 0 spiro atoms. The third kappa shape index (κ3) is 7.08. The average molecular weight is 608 g/mol. The second-order valence-corrected chi connectivity index (χ2v) is 12.7. The first kappa shape index (κ1) is 29.5. The Balaban J connectivity index is 1.28. The number of nitrogens with zero attached hydrogens (tertiary/aromatic N) is 4.